The van der Waals surface area contributed by atoms with Crippen LogP contribution in [0.5, 0.6) is 11.5 Å². The summed E-state index contributed by atoms with van der Waals surface area (Å²) in [6.45, 7) is 4.64. The van der Waals surface area contributed by atoms with Gasteiger partial charge in [0.05, 0.1) is 37.2 Å². The Labute approximate surface area is 213 Å². The minimum Gasteiger partial charge on any atom is -0.463 e. The maximum atomic E-state index is 13.8. The van der Waals surface area contributed by atoms with E-state index in [9.17, 15) is 9.59 Å². The molecule has 4 aromatic rings. The first-order valence-corrected chi connectivity index (χ1v) is 12.2. The van der Waals surface area contributed by atoms with Crippen molar-refractivity contribution in [3.8, 4) is 11.5 Å². The van der Waals surface area contributed by atoms with E-state index in [0.717, 1.165) is 11.4 Å². The van der Waals surface area contributed by atoms with Crippen molar-refractivity contribution < 1.29 is 28.2 Å². The van der Waals surface area contributed by atoms with Gasteiger partial charge in [0.1, 0.15) is 34.5 Å². The Morgan fingerprint density at radius 2 is 1.89 bits per heavy atom. The first-order chi connectivity index (χ1) is 18.1. The zero-order chi connectivity index (χ0) is 25.4. The molecule has 37 heavy (non-hydrogen) atoms. The zero-order valence-corrected chi connectivity index (χ0v) is 20.3. The standard InChI is InChI=1S/C28H25N3O6/c1-2-35-28(33)22-17-36-25-8-7-19(13-20(22)25)37-26-9-10-29-14-21(26)27(32)31-12-11-30(18-15-34-16-18)23-5-3-4-6-24(23)31/h3-10,13-14,17-18H,2,11-12,15-16H2,1H3. The number of amides is 1. The normalized spacial score (nSPS) is 15.3. The number of pyridine rings is 1. The lowest BCUT2D eigenvalue weighted by atomic mass is 10.1. The van der Waals surface area contributed by atoms with Crippen molar-refractivity contribution in [1.82, 2.24) is 4.98 Å². The lowest BCUT2D eigenvalue weighted by Gasteiger charge is -2.44. The summed E-state index contributed by atoms with van der Waals surface area (Å²) in [6.07, 6.45) is 4.47. The van der Waals surface area contributed by atoms with Crippen molar-refractivity contribution in [2.75, 3.05) is 42.7 Å². The summed E-state index contributed by atoms with van der Waals surface area (Å²) in [4.78, 5) is 34.4. The Hall–Kier alpha value is -4.37. The highest BCUT2D eigenvalue weighted by molar-refractivity contribution is 6.10. The van der Waals surface area contributed by atoms with Crippen LogP contribution in [0.3, 0.4) is 0 Å². The van der Waals surface area contributed by atoms with Gasteiger partial charge in [-0.3, -0.25) is 9.78 Å². The van der Waals surface area contributed by atoms with E-state index in [4.69, 9.17) is 18.6 Å². The lowest BCUT2D eigenvalue weighted by molar-refractivity contribution is 0.00803. The third-order valence-electron chi connectivity index (χ3n) is 6.63. The van der Waals surface area contributed by atoms with Gasteiger partial charge in [-0.1, -0.05) is 12.1 Å². The van der Waals surface area contributed by atoms with E-state index in [-0.39, 0.29) is 12.5 Å². The molecule has 188 valence electrons. The second kappa shape index (κ2) is 9.59. The van der Waals surface area contributed by atoms with Crippen molar-refractivity contribution >= 4 is 34.2 Å². The molecule has 9 nitrogen and oxygen atoms in total. The second-order valence-corrected chi connectivity index (χ2v) is 8.83. The van der Waals surface area contributed by atoms with Gasteiger partial charge in [0.25, 0.3) is 5.91 Å². The summed E-state index contributed by atoms with van der Waals surface area (Å²) in [7, 11) is 0. The number of hydrogen-bond donors (Lipinski definition) is 0. The van der Waals surface area contributed by atoms with Crippen LogP contribution in [0.1, 0.15) is 27.6 Å². The number of hydrogen-bond acceptors (Lipinski definition) is 8. The van der Waals surface area contributed by atoms with Crippen molar-refractivity contribution in [2.45, 2.75) is 13.0 Å². The van der Waals surface area contributed by atoms with Crippen molar-refractivity contribution in [3.63, 3.8) is 0 Å². The first kappa shape index (κ1) is 23.1. The molecule has 6 rings (SSSR count). The Morgan fingerprint density at radius 1 is 1.05 bits per heavy atom. The average molecular weight is 500 g/mol. The van der Waals surface area contributed by atoms with E-state index in [1.807, 2.05) is 24.3 Å². The van der Waals surface area contributed by atoms with Crippen LogP contribution in [0.4, 0.5) is 11.4 Å². The fourth-order valence-corrected chi connectivity index (χ4v) is 4.72. The number of aromatic nitrogens is 1. The van der Waals surface area contributed by atoms with E-state index >= 15 is 0 Å². The smallest absolute Gasteiger partial charge is 0.342 e. The summed E-state index contributed by atoms with van der Waals surface area (Å²) in [5, 5.41) is 0.572. The quantitative estimate of drug-likeness (QED) is 0.354. The van der Waals surface area contributed by atoms with E-state index in [0.29, 0.717) is 65.9 Å². The van der Waals surface area contributed by atoms with Crippen LogP contribution in [-0.4, -0.2) is 55.8 Å². The highest BCUT2D eigenvalue weighted by Gasteiger charge is 2.34. The highest BCUT2D eigenvalue weighted by atomic mass is 16.5. The Kier molecular flexibility index (Phi) is 5.97. The second-order valence-electron chi connectivity index (χ2n) is 8.83. The van der Waals surface area contributed by atoms with Gasteiger partial charge in [0.15, 0.2) is 0 Å². The minimum atomic E-state index is -0.468. The average Bonchev–Trinajstić information content (AvgIpc) is 3.31. The zero-order valence-electron chi connectivity index (χ0n) is 20.3. The molecule has 0 radical (unpaired) electrons. The van der Waals surface area contributed by atoms with Crippen LogP contribution >= 0.6 is 0 Å². The number of ether oxygens (including phenoxy) is 3. The van der Waals surface area contributed by atoms with Crippen LogP contribution < -0.4 is 14.5 Å². The molecule has 4 heterocycles. The SMILES string of the molecule is CCOC(=O)c1coc2ccc(Oc3ccncc3C(=O)N3CCN(C4COC4)c4ccccc43)cc12. The van der Waals surface area contributed by atoms with Gasteiger partial charge < -0.3 is 28.4 Å². The number of fused-ring (bicyclic) bond motifs is 2. The number of nitrogens with zero attached hydrogens (tertiary/aromatic N) is 3. The summed E-state index contributed by atoms with van der Waals surface area (Å²) >= 11 is 0. The number of anilines is 2. The van der Waals surface area contributed by atoms with Crippen LogP contribution in [0.2, 0.25) is 0 Å². The molecular weight excluding hydrogens is 474 g/mol. The molecule has 2 aliphatic heterocycles. The summed E-state index contributed by atoms with van der Waals surface area (Å²) in [5.74, 6) is 0.156. The van der Waals surface area contributed by atoms with Gasteiger partial charge >= 0.3 is 5.97 Å². The van der Waals surface area contributed by atoms with Gasteiger partial charge in [-0.05, 0) is 43.3 Å². The maximum absolute atomic E-state index is 13.8. The Bertz CT molecular complexity index is 1480. The van der Waals surface area contributed by atoms with Crippen molar-refractivity contribution in [3.05, 3.63) is 78.3 Å². The van der Waals surface area contributed by atoms with Gasteiger partial charge in [0.2, 0.25) is 0 Å². The number of rotatable bonds is 6. The molecule has 0 aliphatic carbocycles. The molecule has 0 saturated carbocycles. The number of esters is 1. The van der Waals surface area contributed by atoms with Gasteiger partial charge in [-0.15, -0.1) is 0 Å². The highest BCUT2D eigenvalue weighted by Crippen LogP contribution is 2.37. The fourth-order valence-electron chi connectivity index (χ4n) is 4.72. The number of furan rings is 1. The summed E-state index contributed by atoms with van der Waals surface area (Å²) < 4.78 is 22.2. The van der Waals surface area contributed by atoms with Crippen LogP contribution in [0.15, 0.2) is 71.6 Å². The molecule has 0 bridgehead atoms. The summed E-state index contributed by atoms with van der Waals surface area (Å²) in [5.41, 5.74) is 3.06. The molecule has 0 spiro atoms. The van der Waals surface area contributed by atoms with Gasteiger partial charge in [-0.2, -0.15) is 0 Å². The fraction of sp³-hybridized carbons (Fsp3) is 0.250. The largest absolute Gasteiger partial charge is 0.463 e. The molecular formula is C28H25N3O6. The predicted octanol–water partition coefficient (Wildman–Crippen LogP) is 4.66. The van der Waals surface area contributed by atoms with Crippen LogP contribution in [0.25, 0.3) is 11.0 Å². The van der Waals surface area contributed by atoms with Crippen molar-refractivity contribution in [1.29, 1.82) is 0 Å². The minimum absolute atomic E-state index is 0.198. The maximum Gasteiger partial charge on any atom is 0.342 e. The van der Waals surface area contributed by atoms with Crippen LogP contribution in [-0.2, 0) is 9.47 Å². The molecule has 0 unspecified atom stereocenters. The monoisotopic (exact) mass is 499 g/mol. The van der Waals surface area contributed by atoms with Crippen molar-refractivity contribution in [2.24, 2.45) is 0 Å². The molecule has 2 aliphatic rings. The third-order valence-corrected chi connectivity index (χ3v) is 6.63. The Balaban J connectivity index is 1.30. The first-order valence-electron chi connectivity index (χ1n) is 12.2. The van der Waals surface area contributed by atoms with E-state index < -0.39 is 5.97 Å². The van der Waals surface area contributed by atoms with E-state index in [1.54, 1.807) is 42.3 Å². The predicted molar refractivity (Wildman–Crippen MR) is 137 cm³/mol. The molecule has 1 fully saturated rings. The molecule has 9 heteroatoms. The molecule has 2 aromatic carbocycles. The Morgan fingerprint density at radius 3 is 2.68 bits per heavy atom. The van der Waals surface area contributed by atoms with Gasteiger partial charge in [0, 0.05) is 30.9 Å². The van der Waals surface area contributed by atoms with Gasteiger partial charge in [-0.25, -0.2) is 4.79 Å². The summed E-state index contributed by atoms with van der Waals surface area (Å²) in [6, 6.07) is 15.0. The topological polar surface area (TPSA) is 94.3 Å². The number of benzene rings is 2. The molecule has 2 aromatic heterocycles. The van der Waals surface area contributed by atoms with E-state index in [1.165, 1.54) is 12.5 Å². The number of carbonyl (C=O) groups is 2. The van der Waals surface area contributed by atoms with Crippen LogP contribution in [0, 0.1) is 0 Å². The molecule has 1 amide bonds. The van der Waals surface area contributed by atoms with E-state index in [2.05, 4.69) is 9.88 Å². The molecule has 0 N–H and O–H groups in total. The number of para-hydroxylation sites is 2. The third kappa shape index (κ3) is 4.17. The lowest BCUT2D eigenvalue weighted by Crippen LogP contribution is -2.55. The molecule has 0 atom stereocenters. The molecule has 1 saturated heterocycles. The number of carbonyl (C=O) groups excluding carboxylic acids is 2.